The van der Waals surface area contributed by atoms with Gasteiger partial charge in [0.05, 0.1) is 10.2 Å². The van der Waals surface area contributed by atoms with Crippen LogP contribution < -0.4 is 11.1 Å². The number of hydrogen-bond donors (Lipinski definition) is 3. The number of fused-ring (bicyclic) bond motifs is 2. The van der Waals surface area contributed by atoms with E-state index in [4.69, 9.17) is 5.73 Å². The van der Waals surface area contributed by atoms with Crippen LogP contribution in [0.2, 0.25) is 0 Å². The quantitative estimate of drug-likeness (QED) is 0.705. The fourth-order valence-corrected chi connectivity index (χ4v) is 5.83. The minimum absolute atomic E-state index is 0.635. The van der Waals surface area contributed by atoms with E-state index >= 15 is 0 Å². The molecular weight excluding hydrogens is 398 g/mol. The van der Waals surface area contributed by atoms with E-state index in [1.165, 1.54) is 23.1 Å². The number of thioether (sulfide) groups is 1. The van der Waals surface area contributed by atoms with Crippen LogP contribution in [0.4, 0.5) is 0 Å². The molecule has 1 atom stereocenters. The van der Waals surface area contributed by atoms with E-state index in [-0.39, 0.29) is 0 Å². The molecule has 0 bridgehead atoms. The van der Waals surface area contributed by atoms with E-state index in [1.54, 1.807) is 0 Å². The second-order valence-corrected chi connectivity index (χ2v) is 8.49. The molecule has 8 heteroatoms. The van der Waals surface area contributed by atoms with Crippen molar-refractivity contribution in [2.24, 2.45) is 5.73 Å². The van der Waals surface area contributed by atoms with E-state index in [9.17, 15) is 9.90 Å². The fourth-order valence-electron chi connectivity index (χ4n) is 2.82. The maximum atomic E-state index is 11.9. The lowest BCUT2D eigenvalue weighted by atomic mass is 9.97. The summed E-state index contributed by atoms with van der Waals surface area (Å²) in [6.07, 6.45) is 2.60. The SMILES string of the molecule is NC1(C(=O)O)SC2=CNCCC2=C1c1nc2c(Br)cccc2s1. The third kappa shape index (κ3) is 2.24. The topological polar surface area (TPSA) is 88.2 Å². The molecule has 0 amide bonds. The number of carbonyl (C=O) groups is 1. The number of allylic oxidation sites excluding steroid dienone is 1. The van der Waals surface area contributed by atoms with Crippen LogP contribution >= 0.6 is 39.0 Å². The molecule has 23 heavy (non-hydrogen) atoms. The number of benzene rings is 1. The fraction of sp³-hybridized carbons (Fsp3) is 0.200. The number of halogens is 1. The molecule has 3 heterocycles. The molecule has 0 saturated carbocycles. The lowest BCUT2D eigenvalue weighted by Crippen LogP contribution is -2.44. The van der Waals surface area contributed by atoms with Gasteiger partial charge in [-0.3, -0.25) is 0 Å². The molecule has 1 aromatic heterocycles. The molecule has 4 N–H and O–H groups in total. The van der Waals surface area contributed by atoms with Gasteiger partial charge in [0.1, 0.15) is 5.01 Å². The Balaban J connectivity index is 1.98. The number of nitrogens with zero attached hydrogens (tertiary/aromatic N) is 1. The van der Waals surface area contributed by atoms with Gasteiger partial charge in [0.2, 0.25) is 0 Å². The summed E-state index contributed by atoms with van der Waals surface area (Å²) in [6, 6.07) is 5.85. The van der Waals surface area contributed by atoms with Crippen molar-refractivity contribution in [3.63, 3.8) is 0 Å². The highest BCUT2D eigenvalue weighted by Gasteiger charge is 2.49. The number of para-hydroxylation sites is 1. The van der Waals surface area contributed by atoms with Crippen molar-refractivity contribution in [1.82, 2.24) is 10.3 Å². The molecule has 4 rings (SSSR count). The molecular formula is C15H12BrN3O2S2. The van der Waals surface area contributed by atoms with Gasteiger partial charge < -0.3 is 16.2 Å². The molecule has 2 aliphatic heterocycles. The van der Waals surface area contributed by atoms with Gasteiger partial charge in [-0.15, -0.1) is 11.3 Å². The first-order chi connectivity index (χ1) is 11.0. The summed E-state index contributed by atoms with van der Waals surface area (Å²) < 4.78 is 1.90. The summed E-state index contributed by atoms with van der Waals surface area (Å²) in [4.78, 5) is 16.0. The van der Waals surface area contributed by atoms with Crippen LogP contribution in [-0.4, -0.2) is 27.5 Å². The standard InChI is InChI=1S/C15H12BrN3O2S2/c16-8-2-1-3-9-12(8)19-13(22-9)11-7-4-5-18-6-10(7)23-15(11,17)14(20)21/h1-3,6,18H,4-5,17H2,(H,20,21). The van der Waals surface area contributed by atoms with Crippen LogP contribution in [0.3, 0.4) is 0 Å². The summed E-state index contributed by atoms with van der Waals surface area (Å²) in [7, 11) is 0. The molecule has 2 aliphatic rings. The number of aromatic nitrogens is 1. The van der Waals surface area contributed by atoms with Gasteiger partial charge in [0, 0.05) is 27.7 Å². The first-order valence-electron chi connectivity index (χ1n) is 6.95. The van der Waals surface area contributed by atoms with Crippen LogP contribution in [0.15, 0.2) is 39.4 Å². The van der Waals surface area contributed by atoms with Gasteiger partial charge in [-0.25, -0.2) is 9.78 Å². The number of nitrogens with one attached hydrogen (secondary N) is 1. The van der Waals surface area contributed by atoms with Gasteiger partial charge in [-0.05, 0) is 40.1 Å². The second kappa shape index (κ2) is 5.34. The summed E-state index contributed by atoms with van der Waals surface area (Å²) in [5.41, 5.74) is 8.76. The first kappa shape index (κ1) is 15.2. The third-order valence-corrected chi connectivity index (χ3v) is 6.86. The molecule has 0 fully saturated rings. The van der Waals surface area contributed by atoms with Crippen LogP contribution in [0.1, 0.15) is 11.4 Å². The van der Waals surface area contributed by atoms with E-state index in [0.717, 1.165) is 38.1 Å². The number of thiazole rings is 1. The van der Waals surface area contributed by atoms with Gasteiger partial charge in [0.15, 0.2) is 4.87 Å². The lowest BCUT2D eigenvalue weighted by molar-refractivity contribution is -0.138. The molecule has 0 radical (unpaired) electrons. The Morgan fingerprint density at radius 3 is 3.04 bits per heavy atom. The minimum Gasteiger partial charge on any atom is -0.479 e. The first-order valence-corrected chi connectivity index (χ1v) is 9.37. The Labute approximate surface area is 148 Å². The van der Waals surface area contributed by atoms with Gasteiger partial charge >= 0.3 is 5.97 Å². The molecule has 5 nitrogen and oxygen atoms in total. The number of carboxylic acid groups (broad SMARTS) is 1. The number of carboxylic acids is 1. The zero-order valence-electron chi connectivity index (χ0n) is 11.8. The Morgan fingerprint density at radius 2 is 2.30 bits per heavy atom. The highest BCUT2D eigenvalue weighted by Crippen LogP contribution is 2.54. The second-order valence-electron chi connectivity index (χ2n) is 5.31. The van der Waals surface area contributed by atoms with Crippen molar-refractivity contribution in [2.75, 3.05) is 6.54 Å². The zero-order chi connectivity index (χ0) is 16.2. The van der Waals surface area contributed by atoms with Crippen molar-refractivity contribution < 1.29 is 9.90 Å². The molecule has 1 unspecified atom stereocenters. The van der Waals surface area contributed by atoms with E-state index in [1.807, 2.05) is 24.4 Å². The molecule has 0 aliphatic carbocycles. The van der Waals surface area contributed by atoms with Crippen LogP contribution in [0, 0.1) is 0 Å². The average Bonchev–Trinajstić information content (AvgIpc) is 3.06. The summed E-state index contributed by atoms with van der Waals surface area (Å²) in [6.45, 7) is 0.771. The summed E-state index contributed by atoms with van der Waals surface area (Å²) >= 11 is 6.16. The maximum Gasteiger partial charge on any atom is 0.339 e. The largest absolute Gasteiger partial charge is 0.479 e. The van der Waals surface area contributed by atoms with Crippen molar-refractivity contribution in [3.05, 3.63) is 44.4 Å². The Kier molecular flexibility index (Phi) is 3.53. The minimum atomic E-state index is -1.49. The molecule has 0 saturated heterocycles. The molecule has 2 aromatic rings. The number of rotatable bonds is 2. The molecule has 1 aromatic carbocycles. The lowest BCUT2D eigenvalue weighted by Gasteiger charge is -2.20. The Bertz CT molecular complexity index is 905. The van der Waals surface area contributed by atoms with E-state index < -0.39 is 10.8 Å². The van der Waals surface area contributed by atoms with Crippen LogP contribution in [-0.2, 0) is 4.79 Å². The van der Waals surface area contributed by atoms with Gasteiger partial charge in [0.25, 0.3) is 0 Å². The zero-order valence-corrected chi connectivity index (χ0v) is 15.0. The monoisotopic (exact) mass is 409 g/mol. The summed E-state index contributed by atoms with van der Waals surface area (Å²) in [5, 5.41) is 13.6. The van der Waals surface area contributed by atoms with Gasteiger partial charge in [-0.2, -0.15) is 0 Å². The summed E-state index contributed by atoms with van der Waals surface area (Å²) in [5.74, 6) is -1.04. The van der Waals surface area contributed by atoms with E-state index in [0.29, 0.717) is 10.6 Å². The maximum absolute atomic E-state index is 11.9. The third-order valence-electron chi connectivity index (χ3n) is 3.90. The number of hydrogen-bond acceptors (Lipinski definition) is 6. The number of nitrogens with two attached hydrogens (primary N) is 1. The van der Waals surface area contributed by atoms with E-state index in [2.05, 4.69) is 26.2 Å². The van der Waals surface area contributed by atoms with Crippen molar-refractivity contribution in [2.45, 2.75) is 11.3 Å². The average molecular weight is 410 g/mol. The van der Waals surface area contributed by atoms with Gasteiger partial charge in [-0.1, -0.05) is 17.8 Å². The van der Waals surface area contributed by atoms with Crippen molar-refractivity contribution in [3.8, 4) is 0 Å². The molecule has 118 valence electrons. The highest BCUT2D eigenvalue weighted by atomic mass is 79.9. The normalized spacial score (nSPS) is 23.7. The Morgan fingerprint density at radius 1 is 1.48 bits per heavy atom. The van der Waals surface area contributed by atoms with Crippen LogP contribution in [0.5, 0.6) is 0 Å². The predicted molar refractivity (Wildman–Crippen MR) is 97.1 cm³/mol. The highest BCUT2D eigenvalue weighted by molar-refractivity contribution is 9.10. The predicted octanol–water partition coefficient (Wildman–Crippen LogP) is 3.13. The van der Waals surface area contributed by atoms with Crippen molar-refractivity contribution in [1.29, 1.82) is 0 Å². The van der Waals surface area contributed by atoms with Crippen LogP contribution in [0.25, 0.3) is 15.8 Å². The Hall–Kier alpha value is -1.35. The van der Waals surface area contributed by atoms with Crippen molar-refractivity contribution >= 4 is 60.8 Å². The smallest absolute Gasteiger partial charge is 0.339 e. The number of aliphatic carboxylic acids is 1. The molecule has 0 spiro atoms.